The minimum Gasteiger partial charge on any atom is -0.488 e. The molecule has 1 aromatic heterocycles. The van der Waals surface area contributed by atoms with E-state index in [-0.39, 0.29) is 18.8 Å². The lowest BCUT2D eigenvalue weighted by Gasteiger charge is -2.12. The van der Waals surface area contributed by atoms with Crippen LogP contribution in [-0.2, 0) is 24.4 Å². The van der Waals surface area contributed by atoms with Gasteiger partial charge < -0.3 is 20.0 Å². The summed E-state index contributed by atoms with van der Waals surface area (Å²) >= 11 is 0. The molecule has 0 bridgehead atoms. The molecule has 7 heteroatoms. The fourth-order valence-corrected chi connectivity index (χ4v) is 3.48. The molecular weight excluding hydrogens is 404 g/mol. The smallest absolute Gasteiger partial charge is 0.307 e. The van der Waals surface area contributed by atoms with E-state index in [9.17, 15) is 13.6 Å². The molecular formula is C24H19F2NO4. The molecule has 31 heavy (non-hydrogen) atoms. The summed E-state index contributed by atoms with van der Waals surface area (Å²) in [6.07, 6.45) is -0.293. The van der Waals surface area contributed by atoms with Crippen molar-refractivity contribution < 1.29 is 27.8 Å². The van der Waals surface area contributed by atoms with Crippen molar-refractivity contribution in [2.45, 2.75) is 19.6 Å². The maximum absolute atomic E-state index is 13.8. The van der Waals surface area contributed by atoms with Crippen LogP contribution in [0.3, 0.4) is 0 Å². The molecule has 5 nitrogen and oxygen atoms in total. The third kappa shape index (κ3) is 4.57. The number of halogens is 2. The second-order valence-corrected chi connectivity index (χ2v) is 7.13. The van der Waals surface area contributed by atoms with Crippen molar-refractivity contribution in [1.29, 1.82) is 0 Å². The topological polar surface area (TPSA) is 85.7 Å². The lowest BCUT2D eigenvalue weighted by molar-refractivity contribution is -0.136. The van der Waals surface area contributed by atoms with Crippen molar-refractivity contribution in [1.82, 2.24) is 0 Å². The van der Waals surface area contributed by atoms with E-state index in [4.69, 9.17) is 20.0 Å². The maximum atomic E-state index is 13.8. The molecule has 0 saturated heterocycles. The third-order valence-electron chi connectivity index (χ3n) is 4.88. The summed E-state index contributed by atoms with van der Waals surface area (Å²) in [6.45, 7) is 0.390. The van der Waals surface area contributed by atoms with Crippen LogP contribution >= 0.6 is 0 Å². The van der Waals surface area contributed by atoms with E-state index in [1.54, 1.807) is 12.1 Å². The van der Waals surface area contributed by atoms with Gasteiger partial charge in [0, 0.05) is 35.2 Å². The van der Waals surface area contributed by atoms with Crippen LogP contribution in [0.2, 0.25) is 0 Å². The Morgan fingerprint density at radius 2 is 1.87 bits per heavy atom. The van der Waals surface area contributed by atoms with Crippen molar-refractivity contribution >= 4 is 16.9 Å². The largest absolute Gasteiger partial charge is 0.488 e. The number of rotatable bonds is 7. The van der Waals surface area contributed by atoms with Crippen LogP contribution in [0.15, 0.2) is 65.1 Å². The minimum absolute atomic E-state index is 0.0301. The van der Waals surface area contributed by atoms with Gasteiger partial charge in [-0.25, -0.2) is 4.39 Å². The first kappa shape index (κ1) is 20.6. The Hall–Kier alpha value is -3.71. The minimum atomic E-state index is -1.05. The summed E-state index contributed by atoms with van der Waals surface area (Å²) < 4.78 is 38.6. The van der Waals surface area contributed by atoms with E-state index in [0.717, 1.165) is 17.2 Å². The van der Waals surface area contributed by atoms with Gasteiger partial charge in [0.25, 0.3) is 6.01 Å². The third-order valence-corrected chi connectivity index (χ3v) is 4.88. The van der Waals surface area contributed by atoms with Crippen molar-refractivity contribution in [3.05, 3.63) is 89.2 Å². The zero-order chi connectivity index (χ0) is 22.0. The molecule has 0 saturated carbocycles. The Labute approximate surface area is 176 Å². The fourth-order valence-electron chi connectivity index (χ4n) is 3.48. The van der Waals surface area contributed by atoms with Crippen LogP contribution in [0.4, 0.5) is 8.78 Å². The number of benzene rings is 3. The molecule has 0 atom stereocenters. The van der Waals surface area contributed by atoms with Crippen LogP contribution in [0, 0.1) is 11.8 Å². The highest BCUT2D eigenvalue weighted by Crippen LogP contribution is 2.33. The van der Waals surface area contributed by atoms with Gasteiger partial charge in [-0.2, -0.15) is 4.39 Å². The van der Waals surface area contributed by atoms with E-state index < -0.39 is 17.8 Å². The lowest BCUT2D eigenvalue weighted by atomic mass is 9.99. The molecule has 0 fully saturated rings. The quantitative estimate of drug-likeness (QED) is 0.435. The molecule has 0 aliphatic rings. The molecule has 4 aromatic rings. The van der Waals surface area contributed by atoms with Crippen molar-refractivity contribution in [3.63, 3.8) is 0 Å². The lowest BCUT2D eigenvalue weighted by Crippen LogP contribution is -2.05. The highest BCUT2D eigenvalue weighted by molar-refractivity contribution is 5.93. The van der Waals surface area contributed by atoms with Gasteiger partial charge in [-0.15, -0.1) is 0 Å². The monoisotopic (exact) mass is 423 g/mol. The van der Waals surface area contributed by atoms with E-state index in [1.165, 1.54) is 18.2 Å². The van der Waals surface area contributed by atoms with Gasteiger partial charge >= 0.3 is 5.97 Å². The van der Waals surface area contributed by atoms with Crippen LogP contribution in [0.5, 0.6) is 5.75 Å². The van der Waals surface area contributed by atoms with Crippen LogP contribution in [0.25, 0.3) is 22.1 Å². The average Bonchev–Trinajstić information content (AvgIpc) is 3.13. The molecule has 1 heterocycles. The molecule has 0 spiro atoms. The summed E-state index contributed by atoms with van der Waals surface area (Å²) in [4.78, 5) is 11.1. The predicted octanol–water partition coefficient (Wildman–Crippen LogP) is 5.04. The highest BCUT2D eigenvalue weighted by atomic mass is 19.1. The van der Waals surface area contributed by atoms with E-state index in [1.807, 2.05) is 24.3 Å². The Morgan fingerprint density at radius 1 is 1.03 bits per heavy atom. The normalized spacial score (nSPS) is 11.1. The molecule has 0 amide bonds. The average molecular weight is 423 g/mol. The number of carbonyl (C=O) groups is 1. The zero-order valence-corrected chi connectivity index (χ0v) is 16.4. The van der Waals surface area contributed by atoms with E-state index in [0.29, 0.717) is 34.2 Å². The highest BCUT2D eigenvalue weighted by Gasteiger charge is 2.14. The number of aliphatic carboxylic acids is 1. The molecule has 3 aromatic carbocycles. The van der Waals surface area contributed by atoms with Gasteiger partial charge in [-0.1, -0.05) is 24.3 Å². The molecule has 0 radical (unpaired) electrons. The SMILES string of the molecule is NCc1cccc(-c2cc(COc3cc(F)ccc3CC(=O)O)cc3cc(F)oc23)c1. The summed E-state index contributed by atoms with van der Waals surface area (Å²) in [6, 6.07) is 15.3. The number of hydrogen-bond acceptors (Lipinski definition) is 4. The summed E-state index contributed by atoms with van der Waals surface area (Å²) in [5.41, 5.74) is 9.57. The number of fused-ring (bicyclic) bond motifs is 1. The number of nitrogens with two attached hydrogens (primary N) is 1. The summed E-state index contributed by atoms with van der Waals surface area (Å²) in [5.74, 6) is -1.43. The fraction of sp³-hybridized carbons (Fsp3) is 0.125. The molecule has 3 N–H and O–H groups in total. The Bertz CT molecular complexity index is 1270. The van der Waals surface area contributed by atoms with Gasteiger partial charge in [0.15, 0.2) is 0 Å². The summed E-state index contributed by atoms with van der Waals surface area (Å²) in [5, 5.41) is 9.62. The number of hydrogen-bond donors (Lipinski definition) is 2. The molecule has 0 unspecified atom stereocenters. The zero-order valence-electron chi connectivity index (χ0n) is 16.4. The molecule has 0 aliphatic carbocycles. The predicted molar refractivity (Wildman–Crippen MR) is 112 cm³/mol. The van der Waals surface area contributed by atoms with Crippen molar-refractivity contribution in [2.24, 2.45) is 5.73 Å². The van der Waals surface area contributed by atoms with E-state index >= 15 is 0 Å². The van der Waals surface area contributed by atoms with E-state index in [2.05, 4.69) is 0 Å². The van der Waals surface area contributed by atoms with Crippen molar-refractivity contribution in [3.8, 4) is 16.9 Å². The van der Waals surface area contributed by atoms with Crippen molar-refractivity contribution in [2.75, 3.05) is 0 Å². The first-order valence-electron chi connectivity index (χ1n) is 9.57. The first-order valence-corrected chi connectivity index (χ1v) is 9.57. The number of ether oxygens (including phenoxy) is 1. The first-order chi connectivity index (χ1) is 14.9. The Balaban J connectivity index is 1.71. The van der Waals surface area contributed by atoms with Crippen LogP contribution in [0.1, 0.15) is 16.7 Å². The Morgan fingerprint density at radius 3 is 2.65 bits per heavy atom. The van der Waals surface area contributed by atoms with Gasteiger partial charge in [0.05, 0.1) is 6.42 Å². The number of carboxylic acid groups (broad SMARTS) is 1. The van der Waals surface area contributed by atoms with Gasteiger partial charge in [0.2, 0.25) is 0 Å². The van der Waals surface area contributed by atoms with Gasteiger partial charge in [0.1, 0.15) is 23.8 Å². The summed E-state index contributed by atoms with van der Waals surface area (Å²) in [7, 11) is 0. The van der Waals surface area contributed by atoms with Crippen LogP contribution in [-0.4, -0.2) is 11.1 Å². The Kier molecular flexibility index (Phi) is 5.68. The standard InChI is InChI=1S/C24H19F2NO4/c25-19-5-4-17(10-23(28)29)21(11-19)30-13-15-7-18-9-22(26)31-24(18)20(8-15)16-3-1-2-14(6-16)12-27/h1-9,11H,10,12-13,27H2,(H,28,29). The number of furan rings is 1. The second kappa shape index (κ2) is 8.57. The molecule has 4 rings (SSSR count). The second-order valence-electron chi connectivity index (χ2n) is 7.13. The number of carboxylic acids is 1. The molecule has 0 aliphatic heterocycles. The van der Waals surface area contributed by atoms with Crippen LogP contribution < -0.4 is 10.5 Å². The van der Waals surface area contributed by atoms with Gasteiger partial charge in [-0.05, 0) is 41.0 Å². The van der Waals surface area contributed by atoms with Gasteiger partial charge in [-0.3, -0.25) is 4.79 Å². The molecule has 158 valence electrons. The maximum Gasteiger partial charge on any atom is 0.307 e.